The van der Waals surface area contributed by atoms with Gasteiger partial charge in [0, 0.05) is 31.2 Å². The number of aromatic nitrogens is 2. The molecular formula is C33H34F2N4O3. The Hall–Kier alpha value is -3.92. The molecule has 7 nitrogen and oxygen atoms in total. The maximum atomic E-state index is 15.0. The number of nitrogens with two attached hydrogens (primary N) is 1. The summed E-state index contributed by atoms with van der Waals surface area (Å²) in [6.07, 6.45) is 1.07. The first-order chi connectivity index (χ1) is 20.3. The van der Waals surface area contributed by atoms with E-state index in [1.807, 2.05) is 36.4 Å². The van der Waals surface area contributed by atoms with Crippen LogP contribution in [-0.4, -0.2) is 27.1 Å². The molecule has 218 valence electrons. The molecule has 1 atom stereocenters. The molecule has 3 heterocycles. The zero-order chi connectivity index (χ0) is 29.4. The van der Waals surface area contributed by atoms with Crippen LogP contribution in [0.3, 0.4) is 0 Å². The third-order valence-electron chi connectivity index (χ3n) is 8.71. The maximum absolute atomic E-state index is 15.0. The van der Waals surface area contributed by atoms with Crippen LogP contribution in [0.15, 0.2) is 82.4 Å². The topological polar surface area (TPSA) is 82.5 Å². The Bertz CT molecular complexity index is 1710. The molecule has 1 spiro atoms. The van der Waals surface area contributed by atoms with Gasteiger partial charge in [-0.3, -0.25) is 18.8 Å². The largest absolute Gasteiger partial charge is 0.364 e. The number of hydrogen-bond acceptors (Lipinski definition) is 5. The Labute approximate surface area is 242 Å². The van der Waals surface area contributed by atoms with E-state index in [2.05, 4.69) is 4.90 Å². The Kier molecular flexibility index (Phi) is 7.66. The summed E-state index contributed by atoms with van der Waals surface area (Å²) in [7, 11) is 0. The molecule has 6 rings (SSSR count). The molecule has 0 saturated carbocycles. The van der Waals surface area contributed by atoms with E-state index in [0.29, 0.717) is 54.9 Å². The lowest BCUT2D eigenvalue weighted by Gasteiger charge is -2.39. The van der Waals surface area contributed by atoms with Crippen molar-refractivity contribution in [1.29, 1.82) is 0 Å². The van der Waals surface area contributed by atoms with Crippen LogP contribution in [-0.2, 0) is 36.6 Å². The van der Waals surface area contributed by atoms with E-state index < -0.39 is 28.7 Å². The quantitative estimate of drug-likeness (QED) is 0.356. The molecule has 0 amide bonds. The Morgan fingerprint density at radius 2 is 1.67 bits per heavy atom. The lowest BCUT2D eigenvalue weighted by molar-refractivity contribution is -0.0810. The van der Waals surface area contributed by atoms with Crippen molar-refractivity contribution in [2.75, 3.05) is 13.1 Å². The second kappa shape index (κ2) is 11.4. The molecule has 42 heavy (non-hydrogen) atoms. The third kappa shape index (κ3) is 5.24. The highest BCUT2D eigenvalue weighted by molar-refractivity contribution is 5.33. The normalized spacial score (nSPS) is 17.0. The van der Waals surface area contributed by atoms with Gasteiger partial charge < -0.3 is 10.5 Å². The lowest BCUT2D eigenvalue weighted by atomic mass is 9.85. The molecule has 0 bridgehead atoms. The molecule has 1 fully saturated rings. The molecule has 2 N–H and O–H groups in total. The Balaban J connectivity index is 1.39. The molecule has 4 aromatic rings. The fourth-order valence-electron chi connectivity index (χ4n) is 6.34. The predicted octanol–water partition coefficient (Wildman–Crippen LogP) is 4.37. The molecule has 0 unspecified atom stereocenters. The molecule has 0 aliphatic carbocycles. The Morgan fingerprint density at radius 1 is 0.929 bits per heavy atom. The second-order valence-electron chi connectivity index (χ2n) is 11.3. The van der Waals surface area contributed by atoms with E-state index in [0.717, 1.165) is 11.1 Å². The SMILES string of the molecule is Cc1cccc(F)c1Cn1c2c(c(=O)n(C[C@H](N)c3ccccc3)c1=O)C1(CCN(Cc3cccc(F)c3)CC1)OC2. The maximum Gasteiger partial charge on any atom is 0.331 e. The number of nitrogens with zero attached hydrogens (tertiary/aromatic N) is 3. The number of rotatable bonds is 7. The minimum absolute atomic E-state index is 0.0208. The van der Waals surface area contributed by atoms with Crippen LogP contribution in [0.5, 0.6) is 0 Å². The van der Waals surface area contributed by atoms with Gasteiger partial charge in [-0.1, -0.05) is 54.6 Å². The van der Waals surface area contributed by atoms with Gasteiger partial charge in [0.15, 0.2) is 0 Å². The first-order valence-corrected chi connectivity index (χ1v) is 14.3. The van der Waals surface area contributed by atoms with E-state index in [1.54, 1.807) is 25.1 Å². The van der Waals surface area contributed by atoms with E-state index in [-0.39, 0.29) is 25.5 Å². The van der Waals surface area contributed by atoms with Crippen molar-refractivity contribution in [3.8, 4) is 0 Å². The summed E-state index contributed by atoms with van der Waals surface area (Å²) in [5.74, 6) is -0.681. The average molecular weight is 573 g/mol. The molecule has 9 heteroatoms. The van der Waals surface area contributed by atoms with Gasteiger partial charge in [0.2, 0.25) is 0 Å². The summed E-state index contributed by atoms with van der Waals surface area (Å²) in [6.45, 7) is 3.69. The third-order valence-corrected chi connectivity index (χ3v) is 8.71. The van der Waals surface area contributed by atoms with E-state index >= 15 is 0 Å². The lowest BCUT2D eigenvalue weighted by Crippen LogP contribution is -2.49. The molecule has 1 saturated heterocycles. The number of piperidine rings is 1. The molecule has 2 aliphatic rings. The van der Waals surface area contributed by atoms with E-state index in [9.17, 15) is 18.4 Å². The zero-order valence-electron chi connectivity index (χ0n) is 23.6. The van der Waals surface area contributed by atoms with Gasteiger partial charge in [0.05, 0.1) is 31.0 Å². The van der Waals surface area contributed by atoms with Crippen molar-refractivity contribution < 1.29 is 13.5 Å². The number of ether oxygens (including phenoxy) is 1. The van der Waals surface area contributed by atoms with Crippen LogP contribution < -0.4 is 17.0 Å². The van der Waals surface area contributed by atoms with Crippen molar-refractivity contribution in [3.63, 3.8) is 0 Å². The highest BCUT2D eigenvalue weighted by Crippen LogP contribution is 2.42. The zero-order valence-corrected chi connectivity index (χ0v) is 23.6. The Morgan fingerprint density at radius 3 is 2.38 bits per heavy atom. The van der Waals surface area contributed by atoms with Crippen LogP contribution >= 0.6 is 0 Å². The van der Waals surface area contributed by atoms with Crippen molar-refractivity contribution in [1.82, 2.24) is 14.0 Å². The van der Waals surface area contributed by atoms with Gasteiger partial charge >= 0.3 is 5.69 Å². The van der Waals surface area contributed by atoms with Gasteiger partial charge in [-0.15, -0.1) is 0 Å². The predicted molar refractivity (Wildman–Crippen MR) is 156 cm³/mol. The van der Waals surface area contributed by atoms with Crippen molar-refractivity contribution in [2.45, 2.75) is 57.6 Å². The highest BCUT2D eigenvalue weighted by atomic mass is 19.1. The van der Waals surface area contributed by atoms with Crippen LogP contribution in [0.1, 0.15) is 52.4 Å². The van der Waals surface area contributed by atoms with Crippen molar-refractivity contribution in [3.05, 3.63) is 139 Å². The van der Waals surface area contributed by atoms with Crippen molar-refractivity contribution in [2.24, 2.45) is 5.73 Å². The summed E-state index contributed by atoms with van der Waals surface area (Å²) in [5, 5.41) is 0. The van der Waals surface area contributed by atoms with Gasteiger partial charge in [-0.2, -0.15) is 0 Å². The van der Waals surface area contributed by atoms with E-state index in [1.165, 1.54) is 27.3 Å². The first-order valence-electron chi connectivity index (χ1n) is 14.3. The number of hydrogen-bond donors (Lipinski definition) is 1. The van der Waals surface area contributed by atoms with Gasteiger partial charge in [0.25, 0.3) is 5.56 Å². The van der Waals surface area contributed by atoms with E-state index in [4.69, 9.17) is 10.5 Å². The summed E-state index contributed by atoms with van der Waals surface area (Å²) in [6, 6.07) is 20.1. The molecule has 0 radical (unpaired) electrons. The minimum Gasteiger partial charge on any atom is -0.364 e. The number of fused-ring (bicyclic) bond motifs is 2. The summed E-state index contributed by atoms with van der Waals surface area (Å²) in [5.41, 5.74) is 8.44. The van der Waals surface area contributed by atoms with Crippen LogP contribution in [0.2, 0.25) is 0 Å². The molecule has 3 aromatic carbocycles. The standard InChI is InChI=1S/C33H34F2N4O3/c1-22-7-5-12-27(35)26(22)19-38-29-21-42-33(13-15-37(16-14-33)18-23-8-6-11-25(34)17-23)30(29)31(40)39(32(38)41)20-28(36)24-9-3-2-4-10-24/h2-12,17,28H,13-16,18-21,36H2,1H3/t28-/m0/s1. The van der Waals surface area contributed by atoms with Gasteiger partial charge in [-0.05, 0) is 54.7 Å². The summed E-state index contributed by atoms with van der Waals surface area (Å²) >= 11 is 0. The van der Waals surface area contributed by atoms with Crippen LogP contribution in [0, 0.1) is 18.6 Å². The average Bonchev–Trinajstić information content (AvgIpc) is 3.35. The number of halogens is 2. The van der Waals surface area contributed by atoms with Crippen molar-refractivity contribution >= 4 is 0 Å². The minimum atomic E-state index is -0.872. The summed E-state index contributed by atoms with van der Waals surface area (Å²) < 4.78 is 37.8. The number of aryl methyl sites for hydroxylation is 1. The monoisotopic (exact) mass is 572 g/mol. The van der Waals surface area contributed by atoms with Gasteiger partial charge in [-0.25, -0.2) is 13.6 Å². The second-order valence-corrected chi connectivity index (χ2v) is 11.3. The summed E-state index contributed by atoms with van der Waals surface area (Å²) in [4.78, 5) is 30.3. The first kappa shape index (κ1) is 28.2. The number of likely N-dealkylation sites (tertiary alicyclic amines) is 1. The fourth-order valence-corrected chi connectivity index (χ4v) is 6.34. The van der Waals surface area contributed by atoms with Crippen LogP contribution in [0.25, 0.3) is 0 Å². The molecular weight excluding hydrogens is 538 g/mol. The smallest absolute Gasteiger partial charge is 0.331 e. The highest BCUT2D eigenvalue weighted by Gasteiger charge is 2.47. The molecule has 2 aliphatic heterocycles. The van der Waals surface area contributed by atoms with Gasteiger partial charge in [0.1, 0.15) is 17.2 Å². The van der Waals surface area contributed by atoms with Crippen LogP contribution in [0.4, 0.5) is 8.78 Å². The molecule has 1 aromatic heterocycles. The fraction of sp³-hybridized carbons (Fsp3) is 0.333. The number of benzene rings is 3.